The van der Waals surface area contributed by atoms with Gasteiger partial charge in [-0.25, -0.2) is 0 Å². The molecule has 18 heavy (non-hydrogen) atoms. The third-order valence-electron chi connectivity index (χ3n) is 2.44. The van der Waals surface area contributed by atoms with Crippen LogP contribution in [0.3, 0.4) is 0 Å². The van der Waals surface area contributed by atoms with Crippen molar-refractivity contribution in [2.45, 2.75) is 0 Å². The van der Waals surface area contributed by atoms with Gasteiger partial charge in [-0.05, 0) is 18.2 Å². The van der Waals surface area contributed by atoms with E-state index in [9.17, 15) is 0 Å². The van der Waals surface area contributed by atoms with Crippen LogP contribution < -0.4 is 0 Å². The zero-order valence-corrected chi connectivity index (χ0v) is 11.9. The molecule has 0 aromatic heterocycles. The van der Waals surface area contributed by atoms with Gasteiger partial charge < -0.3 is 0 Å². The second-order valence-electron chi connectivity index (χ2n) is 3.49. The molecule has 0 N–H and O–H groups in total. The molecule has 0 fully saturated rings. The molecule has 5 heteroatoms. The topological polar surface area (TPSA) is 23.8 Å². The van der Waals surface area contributed by atoms with Gasteiger partial charge in [0, 0.05) is 11.1 Å². The first-order valence-corrected chi connectivity index (χ1v) is 6.40. The summed E-state index contributed by atoms with van der Waals surface area (Å²) in [4.78, 5) is 0. The van der Waals surface area contributed by atoms with Gasteiger partial charge in [-0.15, -0.1) is 0 Å². The fourth-order valence-electron chi connectivity index (χ4n) is 1.62. The van der Waals surface area contributed by atoms with Crippen LogP contribution in [0.25, 0.3) is 11.1 Å². The van der Waals surface area contributed by atoms with Gasteiger partial charge in [0.15, 0.2) is 0 Å². The fraction of sp³-hybridized carbons (Fsp3) is 0. The number of benzene rings is 2. The Morgan fingerprint density at radius 2 is 1.50 bits per heavy atom. The zero-order chi connectivity index (χ0) is 13.3. The van der Waals surface area contributed by atoms with Crippen molar-refractivity contribution in [3.63, 3.8) is 0 Å². The molecule has 2 aromatic carbocycles. The van der Waals surface area contributed by atoms with Crippen LogP contribution in [0.5, 0.6) is 0 Å². The van der Waals surface area contributed by atoms with Crippen LogP contribution in [-0.4, -0.2) is 0 Å². The summed E-state index contributed by atoms with van der Waals surface area (Å²) in [6.07, 6.45) is 0. The van der Waals surface area contributed by atoms with Crippen LogP contribution in [0.15, 0.2) is 30.3 Å². The first kappa shape index (κ1) is 13.5. The van der Waals surface area contributed by atoms with E-state index < -0.39 is 0 Å². The third-order valence-corrected chi connectivity index (χ3v) is 3.87. The molecule has 0 radical (unpaired) electrons. The Kier molecular flexibility index (Phi) is 4.04. The molecule has 2 rings (SSSR count). The Bertz CT molecular complexity index is 659. The minimum atomic E-state index is 0.308. The zero-order valence-electron chi connectivity index (χ0n) is 8.85. The van der Waals surface area contributed by atoms with Crippen molar-refractivity contribution in [3.8, 4) is 17.2 Å². The van der Waals surface area contributed by atoms with Gasteiger partial charge in [0.25, 0.3) is 0 Å². The Labute approximate surface area is 124 Å². The van der Waals surface area contributed by atoms with Crippen LogP contribution in [-0.2, 0) is 0 Å². The molecule has 0 aliphatic carbocycles. The standard InChI is InChI=1S/C13H5Cl4N/c14-9-3-1-2-7(8(9)6-18)12-10(15)4-5-11(16)13(12)17/h1-5H. The van der Waals surface area contributed by atoms with E-state index in [2.05, 4.69) is 0 Å². The average molecular weight is 317 g/mol. The quantitative estimate of drug-likeness (QED) is 0.606. The van der Waals surface area contributed by atoms with Gasteiger partial charge >= 0.3 is 0 Å². The Balaban J connectivity index is 2.83. The smallest absolute Gasteiger partial charge is 0.101 e. The lowest BCUT2D eigenvalue weighted by molar-refractivity contribution is 1.48. The Morgan fingerprint density at radius 3 is 2.17 bits per heavy atom. The summed E-state index contributed by atoms with van der Waals surface area (Å²) >= 11 is 24.2. The number of rotatable bonds is 1. The van der Waals surface area contributed by atoms with E-state index in [0.29, 0.717) is 36.8 Å². The summed E-state index contributed by atoms with van der Waals surface area (Å²) < 4.78 is 0. The molecule has 0 bridgehead atoms. The van der Waals surface area contributed by atoms with E-state index >= 15 is 0 Å². The lowest BCUT2D eigenvalue weighted by Crippen LogP contribution is -1.88. The number of halogens is 4. The first-order valence-electron chi connectivity index (χ1n) is 4.88. The molecule has 0 spiro atoms. The van der Waals surface area contributed by atoms with Gasteiger partial charge in [0.1, 0.15) is 6.07 Å². The molecule has 0 saturated carbocycles. The molecule has 0 heterocycles. The largest absolute Gasteiger partial charge is 0.192 e. The third kappa shape index (κ3) is 2.30. The highest BCUT2D eigenvalue weighted by Gasteiger charge is 2.16. The van der Waals surface area contributed by atoms with E-state index in [1.807, 2.05) is 6.07 Å². The molecule has 2 aromatic rings. The Hall–Kier alpha value is -0.910. The van der Waals surface area contributed by atoms with E-state index in [4.69, 9.17) is 51.7 Å². The molecular weight excluding hydrogens is 312 g/mol. The molecule has 0 amide bonds. The number of hydrogen-bond acceptors (Lipinski definition) is 1. The lowest BCUT2D eigenvalue weighted by Gasteiger charge is -2.11. The maximum absolute atomic E-state index is 9.16. The summed E-state index contributed by atoms with van der Waals surface area (Å²) in [6.45, 7) is 0. The molecule has 0 aliphatic heterocycles. The van der Waals surface area contributed by atoms with Crippen molar-refractivity contribution in [2.24, 2.45) is 0 Å². The molecule has 0 atom stereocenters. The minimum Gasteiger partial charge on any atom is -0.192 e. The monoisotopic (exact) mass is 315 g/mol. The minimum absolute atomic E-state index is 0.308. The summed E-state index contributed by atoms with van der Waals surface area (Å²) in [7, 11) is 0. The maximum Gasteiger partial charge on any atom is 0.101 e. The molecule has 0 unspecified atom stereocenters. The SMILES string of the molecule is N#Cc1c(Cl)cccc1-c1c(Cl)ccc(Cl)c1Cl. The highest BCUT2D eigenvalue weighted by molar-refractivity contribution is 6.46. The molecule has 1 nitrogen and oxygen atoms in total. The van der Waals surface area contributed by atoms with Crippen LogP contribution in [0, 0.1) is 11.3 Å². The van der Waals surface area contributed by atoms with Crippen LogP contribution in [0.4, 0.5) is 0 Å². The molecule has 0 saturated heterocycles. The van der Waals surface area contributed by atoms with Gasteiger partial charge in [-0.1, -0.05) is 58.5 Å². The van der Waals surface area contributed by atoms with E-state index in [1.54, 1.807) is 30.3 Å². The molecule has 0 aliphatic rings. The van der Waals surface area contributed by atoms with Crippen molar-refractivity contribution >= 4 is 46.4 Å². The van der Waals surface area contributed by atoms with Crippen molar-refractivity contribution < 1.29 is 0 Å². The van der Waals surface area contributed by atoms with Gasteiger partial charge in [-0.2, -0.15) is 5.26 Å². The number of nitriles is 1. The number of nitrogens with zero attached hydrogens (tertiary/aromatic N) is 1. The van der Waals surface area contributed by atoms with Gasteiger partial charge in [-0.3, -0.25) is 0 Å². The van der Waals surface area contributed by atoms with E-state index in [0.717, 1.165) is 0 Å². The predicted octanol–water partition coefficient (Wildman–Crippen LogP) is 5.84. The lowest BCUT2D eigenvalue weighted by atomic mass is 10.00. The normalized spacial score (nSPS) is 10.2. The van der Waals surface area contributed by atoms with Crippen molar-refractivity contribution in [3.05, 3.63) is 56.0 Å². The molecular formula is C13H5Cl4N. The summed E-state index contributed by atoms with van der Waals surface area (Å²) in [5.74, 6) is 0. The van der Waals surface area contributed by atoms with Crippen molar-refractivity contribution in [2.75, 3.05) is 0 Å². The second kappa shape index (κ2) is 5.38. The Morgan fingerprint density at radius 1 is 0.833 bits per heavy atom. The molecule has 90 valence electrons. The average Bonchev–Trinajstić information content (AvgIpc) is 2.35. The fourth-order valence-corrected chi connectivity index (χ4v) is 2.57. The predicted molar refractivity (Wildman–Crippen MR) is 76.6 cm³/mol. The summed E-state index contributed by atoms with van der Waals surface area (Å²) in [5.41, 5.74) is 1.41. The van der Waals surface area contributed by atoms with Crippen molar-refractivity contribution in [1.82, 2.24) is 0 Å². The van der Waals surface area contributed by atoms with E-state index in [-0.39, 0.29) is 0 Å². The number of hydrogen-bond donors (Lipinski definition) is 0. The van der Waals surface area contributed by atoms with Crippen LogP contribution in [0.1, 0.15) is 5.56 Å². The summed E-state index contributed by atoms with van der Waals surface area (Å²) in [5, 5.41) is 10.6. The second-order valence-corrected chi connectivity index (χ2v) is 5.09. The van der Waals surface area contributed by atoms with Crippen molar-refractivity contribution in [1.29, 1.82) is 5.26 Å². The van der Waals surface area contributed by atoms with Gasteiger partial charge in [0.2, 0.25) is 0 Å². The maximum atomic E-state index is 9.16. The van der Waals surface area contributed by atoms with Crippen LogP contribution in [0.2, 0.25) is 20.1 Å². The highest BCUT2D eigenvalue weighted by atomic mass is 35.5. The van der Waals surface area contributed by atoms with E-state index in [1.165, 1.54) is 0 Å². The van der Waals surface area contributed by atoms with Crippen LogP contribution >= 0.6 is 46.4 Å². The highest BCUT2D eigenvalue weighted by Crippen LogP contribution is 2.41. The first-order chi connectivity index (χ1) is 8.56. The summed E-state index contributed by atoms with van der Waals surface area (Å²) in [6, 6.07) is 10.4. The van der Waals surface area contributed by atoms with Gasteiger partial charge in [0.05, 0.1) is 25.7 Å².